The van der Waals surface area contributed by atoms with Gasteiger partial charge < -0.3 is 10.4 Å². The fourth-order valence-corrected chi connectivity index (χ4v) is 2.10. The van der Waals surface area contributed by atoms with E-state index in [-0.39, 0.29) is 12.5 Å². The molecule has 3 nitrogen and oxygen atoms in total. The molecule has 110 valence electrons. The molecule has 0 unspecified atom stereocenters. The maximum Gasteiger partial charge on any atom is 0.255 e. The zero-order valence-corrected chi connectivity index (χ0v) is 12.3. The summed E-state index contributed by atoms with van der Waals surface area (Å²) < 4.78 is 0. The SMILES string of the molecule is CCCCc1ccc(C(=O)Nc2ccc(CO)cc2)cc1. The number of aliphatic hydroxyl groups is 1. The Morgan fingerprint density at radius 2 is 1.62 bits per heavy atom. The summed E-state index contributed by atoms with van der Waals surface area (Å²) in [4.78, 5) is 12.1. The van der Waals surface area contributed by atoms with Gasteiger partial charge in [0.15, 0.2) is 0 Å². The molecular formula is C18H21NO2. The van der Waals surface area contributed by atoms with Gasteiger partial charge in [-0.05, 0) is 48.2 Å². The number of benzene rings is 2. The zero-order valence-electron chi connectivity index (χ0n) is 12.3. The molecule has 0 aliphatic heterocycles. The molecule has 0 aliphatic carbocycles. The van der Waals surface area contributed by atoms with Crippen LogP contribution in [0.3, 0.4) is 0 Å². The normalized spacial score (nSPS) is 10.4. The van der Waals surface area contributed by atoms with E-state index in [9.17, 15) is 4.79 Å². The number of rotatable bonds is 6. The molecule has 0 heterocycles. The van der Waals surface area contributed by atoms with Gasteiger partial charge in [0.1, 0.15) is 0 Å². The second kappa shape index (κ2) is 7.60. The first-order valence-corrected chi connectivity index (χ1v) is 7.33. The zero-order chi connectivity index (χ0) is 15.1. The van der Waals surface area contributed by atoms with Crippen LogP contribution in [-0.4, -0.2) is 11.0 Å². The summed E-state index contributed by atoms with van der Waals surface area (Å²) in [5.74, 6) is -0.117. The number of hydrogen-bond donors (Lipinski definition) is 2. The fraction of sp³-hybridized carbons (Fsp3) is 0.278. The Morgan fingerprint density at radius 3 is 2.19 bits per heavy atom. The third-order valence-corrected chi connectivity index (χ3v) is 3.43. The largest absolute Gasteiger partial charge is 0.392 e. The van der Waals surface area contributed by atoms with Gasteiger partial charge in [0.25, 0.3) is 5.91 Å². The highest BCUT2D eigenvalue weighted by molar-refractivity contribution is 6.04. The summed E-state index contributed by atoms with van der Waals surface area (Å²) in [7, 11) is 0. The van der Waals surface area contributed by atoms with Crippen LogP contribution in [0.15, 0.2) is 48.5 Å². The van der Waals surface area contributed by atoms with Crippen molar-refractivity contribution in [1.82, 2.24) is 0 Å². The highest BCUT2D eigenvalue weighted by Gasteiger charge is 2.06. The molecule has 0 saturated heterocycles. The minimum absolute atomic E-state index is 0.00739. The number of anilines is 1. The summed E-state index contributed by atoms with van der Waals surface area (Å²) in [6.45, 7) is 2.18. The number of aliphatic hydroxyl groups excluding tert-OH is 1. The number of hydrogen-bond acceptors (Lipinski definition) is 2. The quantitative estimate of drug-likeness (QED) is 0.847. The number of amides is 1. The minimum atomic E-state index is -0.117. The Kier molecular flexibility index (Phi) is 5.52. The molecule has 2 rings (SSSR count). The number of carbonyl (C=O) groups excluding carboxylic acids is 1. The molecular weight excluding hydrogens is 262 g/mol. The summed E-state index contributed by atoms with van der Waals surface area (Å²) in [6, 6.07) is 14.9. The molecule has 0 aliphatic rings. The van der Waals surface area contributed by atoms with E-state index in [4.69, 9.17) is 5.11 Å². The molecule has 1 amide bonds. The van der Waals surface area contributed by atoms with Gasteiger partial charge in [-0.1, -0.05) is 37.6 Å². The van der Waals surface area contributed by atoms with Gasteiger partial charge in [0.2, 0.25) is 0 Å². The summed E-state index contributed by atoms with van der Waals surface area (Å²) in [6.07, 6.45) is 3.40. The van der Waals surface area contributed by atoms with Crippen molar-refractivity contribution in [2.24, 2.45) is 0 Å². The molecule has 0 aromatic heterocycles. The molecule has 2 aromatic carbocycles. The van der Waals surface area contributed by atoms with Crippen LogP contribution in [0.2, 0.25) is 0 Å². The van der Waals surface area contributed by atoms with Crippen molar-refractivity contribution in [2.75, 3.05) is 5.32 Å². The van der Waals surface area contributed by atoms with E-state index in [0.29, 0.717) is 5.56 Å². The van der Waals surface area contributed by atoms with Crippen molar-refractivity contribution >= 4 is 11.6 Å². The third kappa shape index (κ3) is 4.43. The topological polar surface area (TPSA) is 49.3 Å². The monoisotopic (exact) mass is 283 g/mol. The van der Waals surface area contributed by atoms with Crippen LogP contribution in [0.25, 0.3) is 0 Å². The molecule has 21 heavy (non-hydrogen) atoms. The van der Waals surface area contributed by atoms with Crippen LogP contribution in [0, 0.1) is 0 Å². The lowest BCUT2D eigenvalue weighted by Gasteiger charge is -2.07. The molecule has 0 radical (unpaired) electrons. The van der Waals surface area contributed by atoms with Gasteiger partial charge in [-0.25, -0.2) is 0 Å². The van der Waals surface area contributed by atoms with Crippen molar-refractivity contribution in [3.05, 3.63) is 65.2 Å². The maximum atomic E-state index is 12.1. The van der Waals surface area contributed by atoms with Gasteiger partial charge >= 0.3 is 0 Å². The molecule has 0 bridgehead atoms. The molecule has 2 aromatic rings. The second-order valence-corrected chi connectivity index (χ2v) is 5.11. The van der Waals surface area contributed by atoms with E-state index < -0.39 is 0 Å². The average molecular weight is 283 g/mol. The van der Waals surface area contributed by atoms with E-state index in [2.05, 4.69) is 12.2 Å². The minimum Gasteiger partial charge on any atom is -0.392 e. The molecule has 2 N–H and O–H groups in total. The number of aryl methyl sites for hydroxylation is 1. The van der Waals surface area contributed by atoms with Crippen LogP contribution in [-0.2, 0) is 13.0 Å². The Labute approximate surface area is 125 Å². The Morgan fingerprint density at radius 1 is 1.00 bits per heavy atom. The van der Waals surface area contributed by atoms with Gasteiger partial charge in [-0.3, -0.25) is 4.79 Å². The number of carbonyl (C=O) groups is 1. The number of unbranched alkanes of at least 4 members (excludes halogenated alkanes) is 1. The van der Waals surface area contributed by atoms with Crippen LogP contribution >= 0.6 is 0 Å². The molecule has 0 atom stereocenters. The maximum absolute atomic E-state index is 12.1. The first-order valence-electron chi connectivity index (χ1n) is 7.33. The number of nitrogens with one attached hydrogen (secondary N) is 1. The first-order chi connectivity index (χ1) is 10.2. The van der Waals surface area contributed by atoms with E-state index in [1.54, 1.807) is 24.3 Å². The van der Waals surface area contributed by atoms with Crippen LogP contribution in [0.5, 0.6) is 0 Å². The average Bonchev–Trinajstić information content (AvgIpc) is 2.54. The van der Waals surface area contributed by atoms with E-state index in [1.165, 1.54) is 18.4 Å². The summed E-state index contributed by atoms with van der Waals surface area (Å²) >= 11 is 0. The van der Waals surface area contributed by atoms with Gasteiger partial charge in [0.05, 0.1) is 6.61 Å². The van der Waals surface area contributed by atoms with Crippen molar-refractivity contribution in [2.45, 2.75) is 32.8 Å². The first kappa shape index (κ1) is 15.3. The fourth-order valence-electron chi connectivity index (χ4n) is 2.10. The highest BCUT2D eigenvalue weighted by Crippen LogP contribution is 2.13. The van der Waals surface area contributed by atoms with Gasteiger partial charge in [-0.2, -0.15) is 0 Å². The van der Waals surface area contributed by atoms with Crippen molar-refractivity contribution in [3.63, 3.8) is 0 Å². The van der Waals surface area contributed by atoms with Crippen LogP contribution < -0.4 is 5.32 Å². The van der Waals surface area contributed by atoms with E-state index >= 15 is 0 Å². The molecule has 0 fully saturated rings. The molecule has 0 spiro atoms. The summed E-state index contributed by atoms with van der Waals surface area (Å²) in [5.41, 5.74) is 3.47. The lowest BCUT2D eigenvalue weighted by molar-refractivity contribution is 0.102. The Balaban J connectivity index is 1.98. The molecule has 0 saturated carbocycles. The predicted molar refractivity (Wildman–Crippen MR) is 85.4 cm³/mol. The lowest BCUT2D eigenvalue weighted by Crippen LogP contribution is -2.11. The lowest BCUT2D eigenvalue weighted by atomic mass is 10.1. The molecule has 3 heteroatoms. The smallest absolute Gasteiger partial charge is 0.255 e. The van der Waals surface area contributed by atoms with Crippen LogP contribution in [0.4, 0.5) is 5.69 Å². The Hall–Kier alpha value is -2.13. The van der Waals surface area contributed by atoms with Crippen molar-refractivity contribution < 1.29 is 9.90 Å². The van der Waals surface area contributed by atoms with Gasteiger partial charge in [0, 0.05) is 11.3 Å². The van der Waals surface area contributed by atoms with Crippen LogP contribution in [0.1, 0.15) is 41.3 Å². The summed E-state index contributed by atoms with van der Waals surface area (Å²) in [5, 5.41) is 11.8. The third-order valence-electron chi connectivity index (χ3n) is 3.43. The second-order valence-electron chi connectivity index (χ2n) is 5.11. The Bertz CT molecular complexity index is 573. The standard InChI is InChI=1S/C18H21NO2/c1-2-3-4-14-5-9-16(10-6-14)18(21)19-17-11-7-15(13-20)8-12-17/h5-12,20H,2-4,13H2,1H3,(H,19,21). The van der Waals surface area contributed by atoms with E-state index in [1.807, 2.05) is 24.3 Å². The highest BCUT2D eigenvalue weighted by atomic mass is 16.3. The van der Waals surface area contributed by atoms with Crippen molar-refractivity contribution in [3.8, 4) is 0 Å². The van der Waals surface area contributed by atoms with Gasteiger partial charge in [-0.15, -0.1) is 0 Å². The van der Waals surface area contributed by atoms with Crippen molar-refractivity contribution in [1.29, 1.82) is 0 Å². The predicted octanol–water partition coefficient (Wildman–Crippen LogP) is 3.77. The van der Waals surface area contributed by atoms with E-state index in [0.717, 1.165) is 17.7 Å².